The smallest absolute Gasteiger partial charge is 0.315 e. The van der Waals surface area contributed by atoms with Gasteiger partial charge in [-0.15, -0.1) is 0 Å². The Balaban J connectivity index is 1.46. The monoisotopic (exact) mass is 345 g/mol. The molecule has 0 bridgehead atoms. The SMILES string of the molecule is CCOc1cccc(C(C)NC(=O)NC2CCN(C3CCCC3)C2)c1. The minimum absolute atomic E-state index is 0.0484. The highest BCUT2D eigenvalue weighted by molar-refractivity contribution is 5.74. The molecule has 25 heavy (non-hydrogen) atoms. The summed E-state index contributed by atoms with van der Waals surface area (Å²) in [6.07, 6.45) is 6.42. The summed E-state index contributed by atoms with van der Waals surface area (Å²) in [7, 11) is 0. The van der Waals surface area contributed by atoms with Crippen LogP contribution in [0.2, 0.25) is 0 Å². The van der Waals surface area contributed by atoms with Crippen molar-refractivity contribution in [3.63, 3.8) is 0 Å². The van der Waals surface area contributed by atoms with Crippen molar-refractivity contribution in [1.29, 1.82) is 0 Å². The second-order valence-corrected chi connectivity index (χ2v) is 7.26. The van der Waals surface area contributed by atoms with Gasteiger partial charge in [-0.25, -0.2) is 4.79 Å². The van der Waals surface area contributed by atoms with Gasteiger partial charge >= 0.3 is 6.03 Å². The lowest BCUT2D eigenvalue weighted by Gasteiger charge is -2.24. The van der Waals surface area contributed by atoms with E-state index in [-0.39, 0.29) is 18.1 Å². The third-order valence-electron chi connectivity index (χ3n) is 5.41. The molecule has 1 aromatic carbocycles. The van der Waals surface area contributed by atoms with E-state index in [9.17, 15) is 4.79 Å². The van der Waals surface area contributed by atoms with Gasteiger partial charge in [0.1, 0.15) is 5.75 Å². The van der Waals surface area contributed by atoms with Gasteiger partial charge in [0.2, 0.25) is 0 Å². The topological polar surface area (TPSA) is 53.6 Å². The Morgan fingerprint density at radius 1 is 1.32 bits per heavy atom. The predicted molar refractivity (Wildman–Crippen MR) is 99.9 cm³/mol. The van der Waals surface area contributed by atoms with Crippen LogP contribution in [-0.2, 0) is 0 Å². The van der Waals surface area contributed by atoms with E-state index in [1.807, 2.05) is 38.1 Å². The van der Waals surface area contributed by atoms with Crippen molar-refractivity contribution in [3.05, 3.63) is 29.8 Å². The summed E-state index contributed by atoms with van der Waals surface area (Å²) in [5.74, 6) is 0.844. The van der Waals surface area contributed by atoms with E-state index in [2.05, 4.69) is 15.5 Å². The molecule has 1 heterocycles. The van der Waals surface area contributed by atoms with Crippen LogP contribution in [0.5, 0.6) is 5.75 Å². The molecule has 2 N–H and O–H groups in total. The molecular formula is C20H31N3O2. The highest BCUT2D eigenvalue weighted by atomic mass is 16.5. The van der Waals surface area contributed by atoms with E-state index in [0.29, 0.717) is 6.61 Å². The molecule has 1 saturated carbocycles. The molecule has 0 radical (unpaired) electrons. The fourth-order valence-electron chi connectivity index (χ4n) is 4.05. The first kappa shape index (κ1) is 18.1. The normalized spacial score (nSPS) is 22.7. The molecule has 2 unspecified atom stereocenters. The Morgan fingerprint density at radius 3 is 2.88 bits per heavy atom. The predicted octanol–water partition coefficient (Wildman–Crippen LogP) is 3.46. The maximum Gasteiger partial charge on any atom is 0.315 e. The van der Waals surface area contributed by atoms with Crippen LogP contribution >= 0.6 is 0 Å². The second-order valence-electron chi connectivity index (χ2n) is 7.26. The van der Waals surface area contributed by atoms with E-state index < -0.39 is 0 Å². The third kappa shape index (κ3) is 4.88. The van der Waals surface area contributed by atoms with Gasteiger partial charge in [0.15, 0.2) is 0 Å². The lowest BCUT2D eigenvalue weighted by atomic mass is 10.1. The molecule has 0 aromatic heterocycles. The van der Waals surface area contributed by atoms with E-state index in [1.54, 1.807) is 0 Å². The largest absolute Gasteiger partial charge is 0.494 e. The highest BCUT2D eigenvalue weighted by Crippen LogP contribution is 2.26. The number of ether oxygens (including phenoxy) is 1. The Hall–Kier alpha value is -1.75. The lowest BCUT2D eigenvalue weighted by molar-refractivity contribution is 0.226. The Kier molecular flexibility index (Phi) is 6.19. The molecule has 3 rings (SSSR count). The molecule has 1 aliphatic carbocycles. The summed E-state index contributed by atoms with van der Waals surface area (Å²) >= 11 is 0. The summed E-state index contributed by atoms with van der Waals surface area (Å²) in [5, 5.41) is 6.20. The van der Waals surface area contributed by atoms with Gasteiger partial charge in [-0.05, 0) is 50.8 Å². The van der Waals surface area contributed by atoms with Crippen molar-refractivity contribution in [2.24, 2.45) is 0 Å². The van der Waals surface area contributed by atoms with Crippen LogP contribution in [0.15, 0.2) is 24.3 Å². The number of carbonyl (C=O) groups excluding carboxylic acids is 1. The fraction of sp³-hybridized carbons (Fsp3) is 0.650. The number of likely N-dealkylation sites (tertiary alicyclic amines) is 1. The van der Waals surface area contributed by atoms with Crippen LogP contribution in [0.3, 0.4) is 0 Å². The van der Waals surface area contributed by atoms with Gasteiger partial charge < -0.3 is 15.4 Å². The number of urea groups is 1. The molecular weight excluding hydrogens is 314 g/mol. The number of carbonyl (C=O) groups is 1. The van der Waals surface area contributed by atoms with Crippen molar-refractivity contribution < 1.29 is 9.53 Å². The molecule has 1 aromatic rings. The number of nitrogens with one attached hydrogen (secondary N) is 2. The first-order chi connectivity index (χ1) is 12.2. The summed E-state index contributed by atoms with van der Waals surface area (Å²) in [5.41, 5.74) is 1.06. The summed E-state index contributed by atoms with van der Waals surface area (Å²) < 4.78 is 5.54. The van der Waals surface area contributed by atoms with Gasteiger partial charge in [0.05, 0.1) is 12.6 Å². The van der Waals surface area contributed by atoms with Crippen LogP contribution in [0.1, 0.15) is 57.6 Å². The molecule has 2 atom stereocenters. The molecule has 5 heteroatoms. The van der Waals surface area contributed by atoms with E-state index >= 15 is 0 Å². The van der Waals surface area contributed by atoms with Gasteiger partial charge in [-0.2, -0.15) is 0 Å². The van der Waals surface area contributed by atoms with Crippen molar-refractivity contribution in [2.75, 3.05) is 19.7 Å². The second kappa shape index (κ2) is 8.56. The zero-order chi connectivity index (χ0) is 17.6. The lowest BCUT2D eigenvalue weighted by Crippen LogP contribution is -2.44. The number of hydrogen-bond acceptors (Lipinski definition) is 3. The molecule has 5 nitrogen and oxygen atoms in total. The average molecular weight is 345 g/mol. The quantitative estimate of drug-likeness (QED) is 0.830. The Morgan fingerprint density at radius 2 is 2.12 bits per heavy atom. The first-order valence-corrected chi connectivity index (χ1v) is 9.69. The van der Waals surface area contributed by atoms with Crippen LogP contribution in [-0.4, -0.2) is 42.7 Å². The number of nitrogens with zero attached hydrogens (tertiary/aromatic N) is 1. The molecule has 2 aliphatic rings. The van der Waals surface area contributed by atoms with Gasteiger partial charge in [0.25, 0.3) is 0 Å². The van der Waals surface area contributed by atoms with Crippen LogP contribution in [0.25, 0.3) is 0 Å². The zero-order valence-corrected chi connectivity index (χ0v) is 15.5. The minimum atomic E-state index is -0.0763. The number of hydrogen-bond donors (Lipinski definition) is 2. The van der Waals surface area contributed by atoms with E-state index in [1.165, 1.54) is 25.7 Å². The van der Waals surface area contributed by atoms with E-state index in [4.69, 9.17) is 4.74 Å². The Labute approximate surface area is 151 Å². The van der Waals surface area contributed by atoms with Crippen LogP contribution in [0, 0.1) is 0 Å². The number of amides is 2. The molecule has 1 aliphatic heterocycles. The third-order valence-corrected chi connectivity index (χ3v) is 5.41. The molecule has 1 saturated heterocycles. The molecule has 0 spiro atoms. The van der Waals surface area contributed by atoms with Crippen molar-refractivity contribution in [2.45, 2.75) is 64.1 Å². The molecule has 2 fully saturated rings. The minimum Gasteiger partial charge on any atom is -0.494 e. The molecule has 2 amide bonds. The van der Waals surface area contributed by atoms with Crippen molar-refractivity contribution in [1.82, 2.24) is 15.5 Å². The maximum atomic E-state index is 12.3. The van der Waals surface area contributed by atoms with Gasteiger partial charge in [-0.1, -0.05) is 25.0 Å². The van der Waals surface area contributed by atoms with Crippen LogP contribution < -0.4 is 15.4 Å². The summed E-state index contributed by atoms with van der Waals surface area (Å²) in [4.78, 5) is 14.9. The van der Waals surface area contributed by atoms with Crippen LogP contribution in [0.4, 0.5) is 4.79 Å². The Bertz CT molecular complexity index is 572. The summed E-state index contributed by atoms with van der Waals surface area (Å²) in [6.45, 7) is 6.72. The number of rotatable bonds is 6. The molecule has 138 valence electrons. The first-order valence-electron chi connectivity index (χ1n) is 9.69. The standard InChI is InChI=1S/C20H31N3O2/c1-3-25-19-10-6-7-16(13-19)15(2)21-20(24)22-17-11-12-23(14-17)18-8-4-5-9-18/h6-7,10,13,15,17-18H,3-5,8-9,11-12,14H2,1-2H3,(H2,21,22,24). The van der Waals surface area contributed by atoms with Gasteiger partial charge in [0, 0.05) is 25.2 Å². The average Bonchev–Trinajstić information content (AvgIpc) is 3.26. The fourth-order valence-corrected chi connectivity index (χ4v) is 4.05. The van der Waals surface area contributed by atoms with Gasteiger partial charge in [-0.3, -0.25) is 4.90 Å². The van der Waals surface area contributed by atoms with Crippen molar-refractivity contribution in [3.8, 4) is 5.75 Å². The van der Waals surface area contributed by atoms with E-state index in [0.717, 1.165) is 36.9 Å². The summed E-state index contributed by atoms with van der Waals surface area (Å²) in [6, 6.07) is 8.80. The zero-order valence-electron chi connectivity index (χ0n) is 15.5. The number of benzene rings is 1. The highest BCUT2D eigenvalue weighted by Gasteiger charge is 2.30. The van der Waals surface area contributed by atoms with Crippen molar-refractivity contribution >= 4 is 6.03 Å². The maximum absolute atomic E-state index is 12.3.